The third-order valence-corrected chi connectivity index (χ3v) is 6.26. The number of nitrogens with zero attached hydrogens (tertiary/aromatic N) is 4. The normalized spacial score (nSPS) is 17.2. The number of aliphatic hydroxyl groups is 1. The standard InChI is InChI=1S/C23H28N4O3/c1-29-17-11-15(12-18(13-17)30-2)21-14-22-24-20-6-4-3-5-19(20)23(27(22)25-21)26-9-7-16(28)8-10-26/h11-14,16,28H,3-10H2,1-2H3. The summed E-state index contributed by atoms with van der Waals surface area (Å²) in [6.07, 6.45) is 5.80. The minimum Gasteiger partial charge on any atom is -0.497 e. The SMILES string of the molecule is COc1cc(OC)cc(-c2cc3nc4c(c(N5CCC(O)CC5)n3n2)CCCC4)c1. The smallest absolute Gasteiger partial charge is 0.158 e. The van der Waals surface area contributed by atoms with E-state index in [1.54, 1.807) is 14.2 Å². The van der Waals surface area contributed by atoms with Crippen LogP contribution in [0.4, 0.5) is 5.82 Å². The molecule has 0 unspecified atom stereocenters. The van der Waals surface area contributed by atoms with Gasteiger partial charge in [0.15, 0.2) is 5.65 Å². The first-order valence-corrected chi connectivity index (χ1v) is 10.7. The van der Waals surface area contributed by atoms with Gasteiger partial charge in [0.1, 0.15) is 17.3 Å². The number of rotatable bonds is 4. The average molecular weight is 409 g/mol. The molecule has 7 nitrogen and oxygen atoms in total. The molecule has 30 heavy (non-hydrogen) atoms. The number of fused-ring (bicyclic) bond motifs is 2. The van der Waals surface area contributed by atoms with E-state index in [-0.39, 0.29) is 6.10 Å². The van der Waals surface area contributed by atoms with Crippen LogP contribution in [0.1, 0.15) is 36.9 Å². The van der Waals surface area contributed by atoms with Gasteiger partial charge in [0, 0.05) is 42.0 Å². The van der Waals surface area contributed by atoms with Gasteiger partial charge < -0.3 is 19.5 Å². The molecule has 0 amide bonds. The van der Waals surface area contributed by atoms with Gasteiger partial charge in [0.25, 0.3) is 0 Å². The highest BCUT2D eigenvalue weighted by Crippen LogP contribution is 2.35. The minimum atomic E-state index is -0.202. The van der Waals surface area contributed by atoms with Crippen molar-refractivity contribution in [3.05, 3.63) is 35.5 Å². The second kappa shape index (κ2) is 7.80. The summed E-state index contributed by atoms with van der Waals surface area (Å²) in [6, 6.07) is 7.86. The van der Waals surface area contributed by atoms with E-state index in [4.69, 9.17) is 19.6 Å². The Bertz CT molecular complexity index is 1050. The average Bonchev–Trinajstić information content (AvgIpc) is 3.21. The van der Waals surface area contributed by atoms with Gasteiger partial charge in [0.05, 0.1) is 26.0 Å². The molecule has 1 fully saturated rings. The summed E-state index contributed by atoms with van der Waals surface area (Å²) in [4.78, 5) is 7.36. The number of methoxy groups -OCH3 is 2. The number of aliphatic hydroxyl groups excluding tert-OH is 1. The van der Waals surface area contributed by atoms with Crippen molar-refractivity contribution in [3.8, 4) is 22.8 Å². The van der Waals surface area contributed by atoms with Crippen molar-refractivity contribution in [2.75, 3.05) is 32.2 Å². The molecule has 1 aromatic carbocycles. The summed E-state index contributed by atoms with van der Waals surface area (Å²) < 4.78 is 12.9. The van der Waals surface area contributed by atoms with Crippen LogP contribution in [0.25, 0.3) is 16.9 Å². The third kappa shape index (κ3) is 3.37. The van der Waals surface area contributed by atoms with Gasteiger partial charge in [-0.15, -0.1) is 0 Å². The van der Waals surface area contributed by atoms with E-state index in [1.807, 2.05) is 28.8 Å². The molecule has 158 valence electrons. The van der Waals surface area contributed by atoms with Gasteiger partial charge in [-0.05, 0) is 50.7 Å². The van der Waals surface area contributed by atoms with Gasteiger partial charge in [-0.1, -0.05) is 0 Å². The largest absolute Gasteiger partial charge is 0.497 e. The summed E-state index contributed by atoms with van der Waals surface area (Å²) in [7, 11) is 3.31. The Kier molecular flexibility index (Phi) is 4.98. The quantitative estimate of drug-likeness (QED) is 0.715. The van der Waals surface area contributed by atoms with E-state index >= 15 is 0 Å². The van der Waals surface area contributed by atoms with Crippen molar-refractivity contribution in [1.82, 2.24) is 14.6 Å². The predicted molar refractivity (Wildman–Crippen MR) is 116 cm³/mol. The molecule has 3 aromatic rings. The van der Waals surface area contributed by atoms with Crippen molar-refractivity contribution < 1.29 is 14.6 Å². The van der Waals surface area contributed by atoms with E-state index in [1.165, 1.54) is 24.1 Å². The Hall–Kier alpha value is -2.80. The lowest BCUT2D eigenvalue weighted by Gasteiger charge is -2.34. The number of hydrogen-bond acceptors (Lipinski definition) is 6. The number of anilines is 1. The molecule has 1 aliphatic carbocycles. The number of hydrogen-bond donors (Lipinski definition) is 1. The summed E-state index contributed by atoms with van der Waals surface area (Å²) in [5, 5.41) is 15.0. The summed E-state index contributed by atoms with van der Waals surface area (Å²) in [5.74, 6) is 2.63. The van der Waals surface area contributed by atoms with Crippen molar-refractivity contribution in [2.24, 2.45) is 0 Å². The van der Waals surface area contributed by atoms with Crippen LogP contribution >= 0.6 is 0 Å². The fraction of sp³-hybridized carbons (Fsp3) is 0.478. The lowest BCUT2D eigenvalue weighted by Crippen LogP contribution is -2.38. The van der Waals surface area contributed by atoms with Crippen molar-refractivity contribution >= 4 is 11.5 Å². The third-order valence-electron chi connectivity index (χ3n) is 6.26. The van der Waals surface area contributed by atoms with Crippen LogP contribution < -0.4 is 14.4 Å². The number of ether oxygens (including phenoxy) is 2. The zero-order valence-electron chi connectivity index (χ0n) is 17.6. The molecule has 1 saturated heterocycles. The Labute approximate surface area is 176 Å². The van der Waals surface area contributed by atoms with Gasteiger partial charge in [0.2, 0.25) is 0 Å². The van der Waals surface area contributed by atoms with E-state index in [2.05, 4.69) is 4.90 Å². The topological polar surface area (TPSA) is 72.1 Å². The lowest BCUT2D eigenvalue weighted by molar-refractivity contribution is 0.145. The fourth-order valence-corrected chi connectivity index (χ4v) is 4.63. The maximum absolute atomic E-state index is 9.99. The molecular weight excluding hydrogens is 380 g/mol. The molecule has 2 aliphatic rings. The van der Waals surface area contributed by atoms with Crippen LogP contribution in [0.15, 0.2) is 24.3 Å². The lowest BCUT2D eigenvalue weighted by atomic mass is 9.95. The molecule has 1 aliphatic heterocycles. The Morgan fingerprint density at radius 2 is 1.67 bits per heavy atom. The molecule has 0 saturated carbocycles. The van der Waals surface area contributed by atoms with Crippen molar-refractivity contribution in [3.63, 3.8) is 0 Å². The Morgan fingerprint density at radius 3 is 2.37 bits per heavy atom. The Morgan fingerprint density at radius 1 is 0.967 bits per heavy atom. The predicted octanol–water partition coefficient (Wildman–Crippen LogP) is 3.25. The zero-order valence-corrected chi connectivity index (χ0v) is 17.6. The molecule has 0 radical (unpaired) electrons. The first-order chi connectivity index (χ1) is 14.7. The highest BCUT2D eigenvalue weighted by atomic mass is 16.5. The molecule has 2 aromatic heterocycles. The zero-order chi connectivity index (χ0) is 20.7. The van der Waals surface area contributed by atoms with E-state index in [9.17, 15) is 5.11 Å². The molecule has 7 heteroatoms. The molecule has 0 spiro atoms. The maximum Gasteiger partial charge on any atom is 0.158 e. The second-order valence-corrected chi connectivity index (χ2v) is 8.19. The fourth-order valence-electron chi connectivity index (χ4n) is 4.63. The van der Waals surface area contributed by atoms with E-state index < -0.39 is 0 Å². The molecule has 1 N–H and O–H groups in total. The van der Waals surface area contributed by atoms with Gasteiger partial charge in [-0.2, -0.15) is 9.61 Å². The second-order valence-electron chi connectivity index (χ2n) is 8.19. The van der Waals surface area contributed by atoms with Gasteiger partial charge >= 0.3 is 0 Å². The molecule has 0 bridgehead atoms. The van der Waals surface area contributed by atoms with Crippen LogP contribution in [-0.2, 0) is 12.8 Å². The highest BCUT2D eigenvalue weighted by Gasteiger charge is 2.26. The van der Waals surface area contributed by atoms with Crippen molar-refractivity contribution in [1.29, 1.82) is 0 Å². The van der Waals surface area contributed by atoms with Crippen LogP contribution in [0, 0.1) is 0 Å². The minimum absolute atomic E-state index is 0.202. The molecule has 3 heterocycles. The van der Waals surface area contributed by atoms with Crippen molar-refractivity contribution in [2.45, 2.75) is 44.6 Å². The van der Waals surface area contributed by atoms with Crippen LogP contribution in [0.2, 0.25) is 0 Å². The van der Waals surface area contributed by atoms with Crippen LogP contribution in [0.5, 0.6) is 11.5 Å². The summed E-state index contributed by atoms with van der Waals surface area (Å²) in [5.41, 5.74) is 5.18. The van der Waals surface area contributed by atoms with Crippen LogP contribution in [0.3, 0.4) is 0 Å². The van der Waals surface area contributed by atoms with E-state index in [0.717, 1.165) is 73.0 Å². The molecule has 0 atom stereocenters. The number of aromatic nitrogens is 3. The Balaban J connectivity index is 1.66. The summed E-state index contributed by atoms with van der Waals surface area (Å²) in [6.45, 7) is 1.68. The monoisotopic (exact) mass is 408 g/mol. The maximum atomic E-state index is 9.99. The number of aryl methyl sites for hydroxylation is 1. The van der Waals surface area contributed by atoms with Gasteiger partial charge in [-0.25, -0.2) is 4.98 Å². The first-order valence-electron chi connectivity index (χ1n) is 10.7. The summed E-state index contributed by atoms with van der Waals surface area (Å²) >= 11 is 0. The number of benzene rings is 1. The number of piperidine rings is 1. The highest BCUT2D eigenvalue weighted by molar-refractivity contribution is 5.70. The molecule has 5 rings (SSSR count). The van der Waals surface area contributed by atoms with E-state index in [0.29, 0.717) is 0 Å². The van der Waals surface area contributed by atoms with Crippen LogP contribution in [-0.4, -0.2) is 53.1 Å². The first kappa shape index (κ1) is 19.2. The van der Waals surface area contributed by atoms with Gasteiger partial charge in [-0.3, -0.25) is 0 Å². The molecular formula is C23H28N4O3.